The van der Waals surface area contributed by atoms with Crippen LogP contribution in [0.1, 0.15) is 17.3 Å². The van der Waals surface area contributed by atoms with Crippen molar-refractivity contribution in [3.8, 4) is 0 Å². The lowest BCUT2D eigenvalue weighted by Crippen LogP contribution is -2.51. The zero-order valence-electron chi connectivity index (χ0n) is 9.84. The van der Waals surface area contributed by atoms with Crippen molar-refractivity contribution in [3.63, 3.8) is 0 Å². The SMILES string of the molecule is CC1CN(C(=O)c2cc(Cl)c(Br)cc2F)CCN1. The number of carbonyl (C=O) groups is 1. The highest BCUT2D eigenvalue weighted by atomic mass is 79.9. The van der Waals surface area contributed by atoms with Gasteiger partial charge >= 0.3 is 0 Å². The van der Waals surface area contributed by atoms with E-state index in [0.29, 0.717) is 22.6 Å². The Morgan fingerprint density at radius 2 is 2.33 bits per heavy atom. The van der Waals surface area contributed by atoms with Gasteiger partial charge in [-0.25, -0.2) is 4.39 Å². The molecule has 2 rings (SSSR count). The number of nitrogens with zero attached hydrogens (tertiary/aromatic N) is 1. The highest BCUT2D eigenvalue weighted by Crippen LogP contribution is 2.26. The fourth-order valence-corrected chi connectivity index (χ4v) is 2.45. The molecule has 1 aromatic carbocycles. The lowest BCUT2D eigenvalue weighted by molar-refractivity contribution is 0.0704. The summed E-state index contributed by atoms with van der Waals surface area (Å²) in [6.07, 6.45) is 0. The van der Waals surface area contributed by atoms with Gasteiger partial charge in [-0.15, -0.1) is 0 Å². The van der Waals surface area contributed by atoms with Gasteiger partial charge in [0.1, 0.15) is 5.82 Å². The lowest BCUT2D eigenvalue weighted by atomic mass is 10.1. The van der Waals surface area contributed by atoms with Crippen LogP contribution in [0.25, 0.3) is 0 Å². The minimum atomic E-state index is -0.553. The van der Waals surface area contributed by atoms with Gasteiger partial charge in [-0.05, 0) is 35.0 Å². The van der Waals surface area contributed by atoms with E-state index < -0.39 is 5.82 Å². The van der Waals surface area contributed by atoms with E-state index in [0.717, 1.165) is 6.54 Å². The topological polar surface area (TPSA) is 32.3 Å². The zero-order chi connectivity index (χ0) is 13.3. The molecule has 6 heteroatoms. The third-order valence-corrected chi connectivity index (χ3v) is 4.09. The molecule has 1 aliphatic rings. The molecule has 3 nitrogen and oxygen atoms in total. The number of hydrogen-bond donors (Lipinski definition) is 1. The van der Waals surface area contributed by atoms with Crippen LogP contribution in [-0.2, 0) is 0 Å². The maximum atomic E-state index is 13.8. The number of amides is 1. The normalized spacial score (nSPS) is 20.0. The smallest absolute Gasteiger partial charge is 0.256 e. The Kier molecular flexibility index (Phi) is 4.25. The van der Waals surface area contributed by atoms with Gasteiger partial charge in [0.15, 0.2) is 0 Å². The van der Waals surface area contributed by atoms with Crippen molar-refractivity contribution in [2.24, 2.45) is 0 Å². The largest absolute Gasteiger partial charge is 0.336 e. The summed E-state index contributed by atoms with van der Waals surface area (Å²) in [5, 5.41) is 3.57. The van der Waals surface area contributed by atoms with Crippen molar-refractivity contribution in [1.82, 2.24) is 10.2 Å². The molecule has 0 radical (unpaired) electrons. The first-order valence-corrected chi connectivity index (χ1v) is 6.83. The first-order chi connectivity index (χ1) is 8.49. The summed E-state index contributed by atoms with van der Waals surface area (Å²) in [6, 6.07) is 2.81. The average Bonchev–Trinajstić information content (AvgIpc) is 2.33. The highest BCUT2D eigenvalue weighted by molar-refractivity contribution is 9.10. The predicted molar refractivity (Wildman–Crippen MR) is 72.5 cm³/mol. The van der Waals surface area contributed by atoms with Crippen molar-refractivity contribution >= 4 is 33.4 Å². The molecular weight excluding hydrogens is 323 g/mol. The van der Waals surface area contributed by atoms with Gasteiger partial charge in [0, 0.05) is 30.1 Å². The predicted octanol–water partition coefficient (Wildman–Crippen LogP) is 2.68. The molecule has 1 N–H and O–H groups in total. The first kappa shape index (κ1) is 13.8. The first-order valence-electron chi connectivity index (χ1n) is 5.66. The van der Waals surface area contributed by atoms with Crippen molar-refractivity contribution < 1.29 is 9.18 Å². The number of benzene rings is 1. The number of hydrogen-bond acceptors (Lipinski definition) is 2. The maximum absolute atomic E-state index is 13.8. The van der Waals surface area contributed by atoms with Crippen molar-refractivity contribution in [3.05, 3.63) is 33.0 Å². The molecule has 1 unspecified atom stereocenters. The van der Waals surface area contributed by atoms with E-state index in [1.165, 1.54) is 12.1 Å². The molecule has 1 atom stereocenters. The van der Waals surface area contributed by atoms with Crippen LogP contribution in [-0.4, -0.2) is 36.5 Å². The summed E-state index contributed by atoms with van der Waals surface area (Å²) in [7, 11) is 0. The molecule has 0 aliphatic carbocycles. The number of carbonyl (C=O) groups excluding carboxylic acids is 1. The zero-order valence-corrected chi connectivity index (χ0v) is 12.2. The number of rotatable bonds is 1. The highest BCUT2D eigenvalue weighted by Gasteiger charge is 2.24. The Morgan fingerprint density at radius 3 is 3.00 bits per heavy atom. The van der Waals surface area contributed by atoms with Crippen molar-refractivity contribution in [2.75, 3.05) is 19.6 Å². The number of halogens is 3. The Labute approximate surface area is 118 Å². The van der Waals surface area contributed by atoms with Gasteiger partial charge in [-0.3, -0.25) is 4.79 Å². The standard InChI is InChI=1S/C12H13BrClFN2O/c1-7-6-17(3-2-16-7)12(18)8-4-10(14)9(13)5-11(8)15/h4-5,7,16H,2-3,6H2,1H3. The molecule has 0 aromatic heterocycles. The summed E-state index contributed by atoms with van der Waals surface area (Å²) in [5.74, 6) is -0.863. The van der Waals surface area contributed by atoms with E-state index in [1.807, 2.05) is 6.92 Å². The van der Waals surface area contributed by atoms with Crippen molar-refractivity contribution in [1.29, 1.82) is 0 Å². The molecular formula is C12H13BrClFN2O. The van der Waals surface area contributed by atoms with Gasteiger partial charge in [0.25, 0.3) is 5.91 Å². The van der Waals surface area contributed by atoms with Gasteiger partial charge in [-0.1, -0.05) is 11.6 Å². The van der Waals surface area contributed by atoms with Gasteiger partial charge in [0.2, 0.25) is 0 Å². The Balaban J connectivity index is 2.25. The monoisotopic (exact) mass is 334 g/mol. The maximum Gasteiger partial charge on any atom is 0.256 e. The Hall–Kier alpha value is -0.650. The van der Waals surface area contributed by atoms with Crippen LogP contribution in [0.2, 0.25) is 5.02 Å². The summed E-state index contributed by atoms with van der Waals surface area (Å²) < 4.78 is 14.2. The van der Waals surface area contributed by atoms with Crippen LogP contribution in [0, 0.1) is 5.82 Å². The number of piperazine rings is 1. The molecule has 0 bridgehead atoms. The van der Waals surface area contributed by atoms with E-state index >= 15 is 0 Å². The second-order valence-corrected chi connectivity index (χ2v) is 5.61. The van der Waals surface area contributed by atoms with E-state index in [2.05, 4.69) is 21.2 Å². The number of nitrogens with one attached hydrogen (secondary N) is 1. The second-order valence-electron chi connectivity index (χ2n) is 4.35. The fourth-order valence-electron chi connectivity index (χ4n) is 1.97. The molecule has 1 saturated heterocycles. The Morgan fingerprint density at radius 1 is 1.61 bits per heavy atom. The minimum absolute atomic E-state index is 0.0253. The van der Waals surface area contributed by atoms with Crippen molar-refractivity contribution in [2.45, 2.75) is 13.0 Å². The second kappa shape index (κ2) is 5.55. The molecule has 0 saturated carbocycles. The third-order valence-electron chi connectivity index (χ3n) is 2.90. The van der Waals surface area contributed by atoms with Crippen LogP contribution in [0.5, 0.6) is 0 Å². The molecule has 1 heterocycles. The van der Waals surface area contributed by atoms with Crippen LogP contribution in [0.4, 0.5) is 4.39 Å². The molecule has 98 valence electrons. The average molecular weight is 336 g/mol. The minimum Gasteiger partial charge on any atom is -0.336 e. The summed E-state index contributed by atoms with van der Waals surface area (Å²) in [5.41, 5.74) is 0.0253. The van der Waals surface area contributed by atoms with E-state index in [4.69, 9.17) is 11.6 Å². The molecule has 1 aliphatic heterocycles. The van der Waals surface area contributed by atoms with Gasteiger partial charge in [-0.2, -0.15) is 0 Å². The quantitative estimate of drug-likeness (QED) is 0.800. The van der Waals surface area contributed by atoms with Gasteiger partial charge in [0.05, 0.1) is 10.6 Å². The van der Waals surface area contributed by atoms with Crippen LogP contribution in [0.15, 0.2) is 16.6 Å². The lowest BCUT2D eigenvalue weighted by Gasteiger charge is -2.32. The van der Waals surface area contributed by atoms with Crippen LogP contribution >= 0.6 is 27.5 Å². The third kappa shape index (κ3) is 2.84. The van der Waals surface area contributed by atoms with E-state index in [9.17, 15) is 9.18 Å². The van der Waals surface area contributed by atoms with E-state index in [1.54, 1.807) is 4.90 Å². The fraction of sp³-hybridized carbons (Fsp3) is 0.417. The molecule has 1 amide bonds. The van der Waals surface area contributed by atoms with Gasteiger partial charge < -0.3 is 10.2 Å². The van der Waals surface area contributed by atoms with Crippen LogP contribution < -0.4 is 5.32 Å². The summed E-state index contributed by atoms with van der Waals surface area (Å²) in [6.45, 7) is 3.87. The van der Waals surface area contributed by atoms with Crippen LogP contribution in [0.3, 0.4) is 0 Å². The Bertz CT molecular complexity index is 483. The van der Waals surface area contributed by atoms with E-state index in [-0.39, 0.29) is 17.5 Å². The summed E-state index contributed by atoms with van der Waals surface area (Å²) in [4.78, 5) is 13.9. The summed E-state index contributed by atoms with van der Waals surface area (Å²) >= 11 is 9.03. The molecule has 0 spiro atoms. The molecule has 1 aromatic rings. The molecule has 1 fully saturated rings. The molecule has 18 heavy (non-hydrogen) atoms.